The highest BCUT2D eigenvalue weighted by Gasteiger charge is 2.22. The summed E-state index contributed by atoms with van der Waals surface area (Å²) >= 11 is 0. The zero-order valence-corrected chi connectivity index (χ0v) is 12.0. The van der Waals surface area contributed by atoms with E-state index < -0.39 is 11.8 Å². The van der Waals surface area contributed by atoms with Crippen molar-refractivity contribution in [1.82, 2.24) is 10.2 Å². The lowest BCUT2D eigenvalue weighted by molar-refractivity contribution is -0.143. The first kappa shape index (κ1) is 14.5. The van der Waals surface area contributed by atoms with Crippen molar-refractivity contribution >= 4 is 17.5 Å². The van der Waals surface area contributed by atoms with E-state index in [1.54, 1.807) is 4.90 Å². The topological polar surface area (TPSA) is 61.4 Å². The molecule has 1 aliphatic rings. The van der Waals surface area contributed by atoms with E-state index >= 15 is 0 Å². The molecule has 1 heterocycles. The third kappa shape index (κ3) is 3.57. The second-order valence-corrected chi connectivity index (χ2v) is 5.17. The number of rotatable bonds is 1. The van der Waals surface area contributed by atoms with Crippen LogP contribution in [0.15, 0.2) is 18.2 Å². The van der Waals surface area contributed by atoms with E-state index in [2.05, 4.69) is 10.6 Å². The number of amides is 2. The summed E-state index contributed by atoms with van der Waals surface area (Å²) in [6.45, 7) is 6.76. The minimum Gasteiger partial charge on any atom is -0.333 e. The summed E-state index contributed by atoms with van der Waals surface area (Å²) in [6.07, 6.45) is 0.878. The Morgan fingerprint density at radius 2 is 2.00 bits per heavy atom. The number of nitrogens with one attached hydrogen (secondary N) is 2. The van der Waals surface area contributed by atoms with Gasteiger partial charge in [-0.15, -0.1) is 0 Å². The quantitative estimate of drug-likeness (QED) is 0.754. The van der Waals surface area contributed by atoms with Crippen LogP contribution in [0.4, 0.5) is 5.69 Å². The molecule has 2 rings (SSSR count). The molecule has 0 aliphatic carbocycles. The maximum absolute atomic E-state index is 12.1. The molecule has 1 aliphatic heterocycles. The third-order valence-electron chi connectivity index (χ3n) is 3.45. The molecular weight excluding hydrogens is 254 g/mol. The van der Waals surface area contributed by atoms with Gasteiger partial charge in [0.1, 0.15) is 0 Å². The van der Waals surface area contributed by atoms with E-state index in [-0.39, 0.29) is 0 Å². The van der Waals surface area contributed by atoms with Crippen LogP contribution >= 0.6 is 0 Å². The Morgan fingerprint density at radius 1 is 1.20 bits per heavy atom. The number of carbonyl (C=O) groups is 2. The average Bonchev–Trinajstić information content (AvgIpc) is 2.70. The summed E-state index contributed by atoms with van der Waals surface area (Å²) in [5.41, 5.74) is 2.79. The molecule has 5 nitrogen and oxygen atoms in total. The summed E-state index contributed by atoms with van der Waals surface area (Å²) < 4.78 is 0. The molecule has 0 spiro atoms. The fourth-order valence-electron chi connectivity index (χ4n) is 2.32. The van der Waals surface area contributed by atoms with Crippen molar-refractivity contribution in [2.24, 2.45) is 0 Å². The van der Waals surface area contributed by atoms with Gasteiger partial charge in [-0.05, 0) is 38.4 Å². The van der Waals surface area contributed by atoms with Crippen LogP contribution in [0.3, 0.4) is 0 Å². The van der Waals surface area contributed by atoms with Crippen molar-refractivity contribution in [2.45, 2.75) is 20.3 Å². The SMILES string of the molecule is Cc1ccc(NC(=O)C(=O)N2CCCNCC2)c(C)c1. The predicted octanol–water partition coefficient (Wildman–Crippen LogP) is 1.06. The number of anilines is 1. The van der Waals surface area contributed by atoms with Gasteiger partial charge in [0.2, 0.25) is 0 Å². The van der Waals surface area contributed by atoms with Gasteiger partial charge in [0.15, 0.2) is 0 Å². The van der Waals surface area contributed by atoms with Gasteiger partial charge in [0.05, 0.1) is 0 Å². The van der Waals surface area contributed by atoms with Crippen molar-refractivity contribution < 1.29 is 9.59 Å². The Hall–Kier alpha value is -1.88. The predicted molar refractivity (Wildman–Crippen MR) is 78.6 cm³/mol. The van der Waals surface area contributed by atoms with Crippen molar-refractivity contribution in [3.05, 3.63) is 29.3 Å². The molecular formula is C15H21N3O2. The molecule has 0 unspecified atom stereocenters. The van der Waals surface area contributed by atoms with E-state index in [0.29, 0.717) is 18.8 Å². The van der Waals surface area contributed by atoms with E-state index in [4.69, 9.17) is 0 Å². The van der Waals surface area contributed by atoms with Gasteiger partial charge in [-0.1, -0.05) is 17.7 Å². The zero-order chi connectivity index (χ0) is 14.5. The largest absolute Gasteiger partial charge is 0.333 e. The zero-order valence-electron chi connectivity index (χ0n) is 12.0. The number of benzene rings is 1. The smallest absolute Gasteiger partial charge is 0.313 e. The second-order valence-electron chi connectivity index (χ2n) is 5.17. The van der Waals surface area contributed by atoms with Gasteiger partial charge in [-0.3, -0.25) is 9.59 Å². The Balaban J connectivity index is 2.01. The number of nitrogens with zero attached hydrogens (tertiary/aromatic N) is 1. The Morgan fingerprint density at radius 3 is 2.75 bits per heavy atom. The molecule has 1 saturated heterocycles. The minimum absolute atomic E-state index is 0.450. The molecule has 0 aromatic heterocycles. The molecule has 0 bridgehead atoms. The maximum Gasteiger partial charge on any atom is 0.313 e. The molecule has 20 heavy (non-hydrogen) atoms. The Kier molecular flexibility index (Phi) is 4.74. The van der Waals surface area contributed by atoms with E-state index in [9.17, 15) is 9.59 Å². The first-order valence-corrected chi connectivity index (χ1v) is 6.96. The van der Waals surface area contributed by atoms with E-state index in [1.165, 1.54) is 0 Å². The van der Waals surface area contributed by atoms with Gasteiger partial charge < -0.3 is 15.5 Å². The average molecular weight is 275 g/mol. The second kappa shape index (κ2) is 6.52. The normalized spacial score (nSPS) is 15.6. The van der Waals surface area contributed by atoms with Crippen molar-refractivity contribution in [3.63, 3.8) is 0 Å². The van der Waals surface area contributed by atoms with E-state index in [0.717, 1.165) is 30.6 Å². The number of hydrogen-bond donors (Lipinski definition) is 2. The Labute approximate surface area is 119 Å². The van der Waals surface area contributed by atoms with Crippen LogP contribution in [-0.4, -0.2) is 42.9 Å². The van der Waals surface area contributed by atoms with Crippen LogP contribution in [0, 0.1) is 13.8 Å². The van der Waals surface area contributed by atoms with Crippen LogP contribution in [0.25, 0.3) is 0 Å². The molecule has 5 heteroatoms. The Bertz CT molecular complexity index is 506. The van der Waals surface area contributed by atoms with Gasteiger partial charge in [-0.2, -0.15) is 0 Å². The van der Waals surface area contributed by atoms with Crippen LogP contribution < -0.4 is 10.6 Å². The van der Waals surface area contributed by atoms with Crippen molar-refractivity contribution in [1.29, 1.82) is 0 Å². The molecule has 1 fully saturated rings. The highest BCUT2D eigenvalue weighted by Crippen LogP contribution is 2.16. The van der Waals surface area contributed by atoms with Crippen LogP contribution in [0.5, 0.6) is 0 Å². The van der Waals surface area contributed by atoms with Gasteiger partial charge in [-0.25, -0.2) is 0 Å². The van der Waals surface area contributed by atoms with Crippen LogP contribution in [0.2, 0.25) is 0 Å². The van der Waals surface area contributed by atoms with Crippen LogP contribution in [-0.2, 0) is 9.59 Å². The molecule has 1 aromatic rings. The highest BCUT2D eigenvalue weighted by atomic mass is 16.2. The number of carbonyl (C=O) groups excluding carboxylic acids is 2. The van der Waals surface area contributed by atoms with Gasteiger partial charge >= 0.3 is 11.8 Å². The fourth-order valence-corrected chi connectivity index (χ4v) is 2.32. The summed E-state index contributed by atoms with van der Waals surface area (Å²) in [6, 6.07) is 5.73. The van der Waals surface area contributed by atoms with E-state index in [1.807, 2.05) is 32.0 Å². The molecule has 2 amide bonds. The molecule has 1 aromatic carbocycles. The first-order chi connectivity index (χ1) is 9.58. The highest BCUT2D eigenvalue weighted by molar-refractivity contribution is 6.39. The van der Waals surface area contributed by atoms with Gasteiger partial charge in [0.25, 0.3) is 0 Å². The fraction of sp³-hybridized carbons (Fsp3) is 0.467. The number of hydrogen-bond acceptors (Lipinski definition) is 3. The molecule has 108 valence electrons. The maximum atomic E-state index is 12.1. The van der Waals surface area contributed by atoms with Crippen LogP contribution in [0.1, 0.15) is 17.5 Å². The monoisotopic (exact) mass is 275 g/mol. The summed E-state index contributed by atoms with van der Waals surface area (Å²) in [5, 5.41) is 5.91. The third-order valence-corrected chi connectivity index (χ3v) is 3.45. The molecule has 2 N–H and O–H groups in total. The van der Waals surface area contributed by atoms with Crippen molar-refractivity contribution in [3.8, 4) is 0 Å². The summed E-state index contributed by atoms with van der Waals surface area (Å²) in [7, 11) is 0. The molecule has 0 saturated carbocycles. The van der Waals surface area contributed by atoms with Gasteiger partial charge in [0, 0.05) is 25.3 Å². The molecule has 0 atom stereocenters. The molecule has 0 radical (unpaired) electrons. The first-order valence-electron chi connectivity index (χ1n) is 6.96. The standard InChI is InChI=1S/C15H21N3O2/c1-11-4-5-13(12(2)10-11)17-14(19)15(20)18-8-3-6-16-7-9-18/h4-5,10,16H,3,6-9H2,1-2H3,(H,17,19). The lowest BCUT2D eigenvalue weighted by Crippen LogP contribution is -2.41. The number of aryl methyl sites for hydroxylation is 2. The summed E-state index contributed by atoms with van der Waals surface area (Å²) in [4.78, 5) is 25.8. The lowest BCUT2D eigenvalue weighted by Gasteiger charge is -2.19. The van der Waals surface area contributed by atoms with Crippen molar-refractivity contribution in [2.75, 3.05) is 31.5 Å². The summed E-state index contributed by atoms with van der Waals surface area (Å²) in [5.74, 6) is -1.01. The lowest BCUT2D eigenvalue weighted by atomic mass is 10.1. The minimum atomic E-state index is -0.557.